The van der Waals surface area contributed by atoms with Crippen molar-refractivity contribution in [2.24, 2.45) is 4.99 Å². The SMILES string of the molecule is CCOc1ccc(NC(=O)COc2ccc(C3N=C(NC#N)Nc4nc(N)c(C#N)c(N)c43)cc2OCC)cc1. The van der Waals surface area contributed by atoms with E-state index in [4.69, 9.17) is 30.9 Å². The number of aromatic nitrogens is 1. The average molecular weight is 542 g/mol. The Bertz CT molecular complexity index is 1520. The van der Waals surface area contributed by atoms with Gasteiger partial charge in [-0.25, -0.2) is 9.98 Å². The molecule has 0 radical (unpaired) electrons. The van der Waals surface area contributed by atoms with E-state index in [9.17, 15) is 10.1 Å². The predicted molar refractivity (Wildman–Crippen MR) is 149 cm³/mol. The number of nitrogen functional groups attached to an aromatic ring is 2. The highest BCUT2D eigenvalue weighted by Crippen LogP contribution is 2.42. The number of hydrogen-bond donors (Lipinski definition) is 5. The monoisotopic (exact) mass is 541 g/mol. The van der Waals surface area contributed by atoms with Gasteiger partial charge >= 0.3 is 0 Å². The highest BCUT2D eigenvalue weighted by molar-refractivity contribution is 5.98. The van der Waals surface area contributed by atoms with Crippen molar-refractivity contribution in [3.8, 4) is 29.5 Å². The molecule has 40 heavy (non-hydrogen) atoms. The standard InChI is InChI=1S/C27H27N9O4/c1-3-38-17-8-6-16(7-9-17)33-21(37)13-40-19-10-5-15(11-20(19)39-4-2)24-22-23(30)18(12-28)25(31)35-26(22)36-27(34-24)32-14-29/h5-11,24H,3-4,13H2,1-2H3,(H,33,37)(H6,30,31,32,34,35,36). The quantitative estimate of drug-likeness (QED) is 0.197. The molecule has 0 aliphatic carbocycles. The second-order valence-electron chi connectivity index (χ2n) is 8.34. The van der Waals surface area contributed by atoms with Gasteiger partial charge in [0.05, 0.1) is 18.9 Å². The molecule has 4 rings (SSSR count). The number of hydrogen-bond acceptors (Lipinski definition) is 12. The van der Waals surface area contributed by atoms with Crippen LogP contribution in [0.5, 0.6) is 17.2 Å². The van der Waals surface area contributed by atoms with Gasteiger partial charge in [-0.2, -0.15) is 10.5 Å². The van der Waals surface area contributed by atoms with Crippen molar-refractivity contribution in [1.29, 1.82) is 10.5 Å². The first-order valence-electron chi connectivity index (χ1n) is 12.3. The Hall–Kier alpha value is -5.69. The van der Waals surface area contributed by atoms with E-state index in [1.165, 1.54) is 0 Å². The first-order chi connectivity index (χ1) is 19.4. The minimum Gasteiger partial charge on any atom is -0.494 e. The third kappa shape index (κ3) is 5.89. The number of benzene rings is 2. The molecule has 204 valence electrons. The number of carbonyl (C=O) groups is 1. The molecule has 1 aromatic heterocycles. The van der Waals surface area contributed by atoms with Gasteiger partial charge in [-0.05, 0) is 55.8 Å². The van der Waals surface area contributed by atoms with E-state index < -0.39 is 6.04 Å². The topological polar surface area (TPSA) is 206 Å². The summed E-state index contributed by atoms with van der Waals surface area (Å²) in [4.78, 5) is 21.3. The van der Waals surface area contributed by atoms with Crippen LogP contribution in [0.3, 0.4) is 0 Å². The molecule has 0 saturated carbocycles. The summed E-state index contributed by atoms with van der Waals surface area (Å²) in [5, 5.41) is 26.8. The number of nitriles is 2. The Morgan fingerprint density at radius 3 is 2.48 bits per heavy atom. The largest absolute Gasteiger partial charge is 0.494 e. The van der Waals surface area contributed by atoms with E-state index in [1.54, 1.807) is 42.5 Å². The minimum absolute atomic E-state index is 0.0287. The number of nitrogens with two attached hydrogens (primary N) is 2. The molecular formula is C27H27N9O4. The summed E-state index contributed by atoms with van der Waals surface area (Å²) >= 11 is 0. The van der Waals surface area contributed by atoms with E-state index in [2.05, 4.69) is 25.9 Å². The Balaban J connectivity index is 1.59. The van der Waals surface area contributed by atoms with E-state index in [0.717, 1.165) is 0 Å². The van der Waals surface area contributed by atoms with Crippen LogP contribution in [-0.2, 0) is 4.79 Å². The molecule has 0 spiro atoms. The number of amides is 1. The maximum absolute atomic E-state index is 12.5. The van der Waals surface area contributed by atoms with Gasteiger partial charge in [-0.3, -0.25) is 10.1 Å². The van der Waals surface area contributed by atoms with Gasteiger partial charge in [-0.1, -0.05) is 6.07 Å². The van der Waals surface area contributed by atoms with Crippen LogP contribution < -0.4 is 41.6 Å². The summed E-state index contributed by atoms with van der Waals surface area (Å²) in [7, 11) is 0. The van der Waals surface area contributed by atoms with Gasteiger partial charge in [0, 0.05) is 11.3 Å². The van der Waals surface area contributed by atoms with Gasteiger partial charge in [-0.15, -0.1) is 0 Å². The molecule has 3 aromatic rings. The van der Waals surface area contributed by atoms with Crippen LogP contribution in [0.4, 0.5) is 23.0 Å². The van der Waals surface area contributed by atoms with Crippen LogP contribution in [0, 0.1) is 22.8 Å². The average Bonchev–Trinajstić information content (AvgIpc) is 2.93. The van der Waals surface area contributed by atoms with Crippen LogP contribution in [0.25, 0.3) is 0 Å². The molecular weight excluding hydrogens is 514 g/mol. The number of aliphatic imine (C=N–C) groups is 1. The number of fused-ring (bicyclic) bond motifs is 1. The summed E-state index contributed by atoms with van der Waals surface area (Å²) in [5.74, 6) is 1.38. The van der Waals surface area contributed by atoms with Crippen molar-refractivity contribution in [1.82, 2.24) is 10.3 Å². The smallest absolute Gasteiger partial charge is 0.262 e. The van der Waals surface area contributed by atoms with Crippen molar-refractivity contribution >= 4 is 34.9 Å². The zero-order chi connectivity index (χ0) is 28.6. The number of anilines is 4. The Labute approximate surface area is 230 Å². The third-order valence-electron chi connectivity index (χ3n) is 5.75. The lowest BCUT2D eigenvalue weighted by molar-refractivity contribution is -0.118. The maximum atomic E-state index is 12.5. The van der Waals surface area contributed by atoms with Crippen LogP contribution in [-0.4, -0.2) is 36.7 Å². The fourth-order valence-corrected chi connectivity index (χ4v) is 4.05. The molecule has 0 saturated heterocycles. The number of carbonyl (C=O) groups excluding carboxylic acids is 1. The van der Waals surface area contributed by atoms with E-state index in [0.29, 0.717) is 47.3 Å². The Morgan fingerprint density at radius 1 is 1.05 bits per heavy atom. The molecule has 1 aliphatic rings. The number of nitrogens with zero attached hydrogens (tertiary/aromatic N) is 4. The van der Waals surface area contributed by atoms with E-state index in [-0.39, 0.29) is 41.4 Å². The second kappa shape index (κ2) is 12.2. The molecule has 2 heterocycles. The third-order valence-corrected chi connectivity index (χ3v) is 5.75. The zero-order valence-corrected chi connectivity index (χ0v) is 21.8. The van der Waals surface area contributed by atoms with Gasteiger partial charge in [0.15, 0.2) is 24.3 Å². The fraction of sp³-hybridized carbons (Fsp3) is 0.222. The lowest BCUT2D eigenvalue weighted by atomic mass is 9.95. The lowest BCUT2D eigenvalue weighted by Crippen LogP contribution is -2.32. The number of pyridine rings is 1. The molecule has 2 aromatic carbocycles. The number of rotatable bonds is 9. The summed E-state index contributed by atoms with van der Waals surface area (Å²) in [5.41, 5.74) is 14.0. The Morgan fingerprint density at radius 2 is 1.80 bits per heavy atom. The molecule has 1 unspecified atom stereocenters. The van der Waals surface area contributed by atoms with Crippen LogP contribution in [0.15, 0.2) is 47.5 Å². The summed E-state index contributed by atoms with van der Waals surface area (Å²) in [6, 6.07) is 13.3. The second-order valence-corrected chi connectivity index (χ2v) is 8.34. The van der Waals surface area contributed by atoms with Gasteiger partial charge in [0.1, 0.15) is 35.1 Å². The summed E-state index contributed by atoms with van der Waals surface area (Å²) in [6.07, 6.45) is 1.81. The van der Waals surface area contributed by atoms with Crippen molar-refractivity contribution in [2.45, 2.75) is 19.9 Å². The van der Waals surface area contributed by atoms with Crippen molar-refractivity contribution in [2.75, 3.05) is 41.9 Å². The molecule has 7 N–H and O–H groups in total. The predicted octanol–water partition coefficient (Wildman–Crippen LogP) is 2.87. The maximum Gasteiger partial charge on any atom is 0.262 e. The minimum atomic E-state index is -0.761. The van der Waals surface area contributed by atoms with Crippen LogP contribution in [0.2, 0.25) is 0 Å². The molecule has 13 heteroatoms. The molecule has 0 bridgehead atoms. The molecule has 0 fully saturated rings. The molecule has 13 nitrogen and oxygen atoms in total. The van der Waals surface area contributed by atoms with E-state index >= 15 is 0 Å². The number of guanidine groups is 1. The summed E-state index contributed by atoms with van der Waals surface area (Å²) < 4.78 is 17.0. The van der Waals surface area contributed by atoms with E-state index in [1.807, 2.05) is 26.1 Å². The first kappa shape index (κ1) is 27.3. The van der Waals surface area contributed by atoms with Crippen molar-refractivity contribution in [3.05, 3.63) is 59.2 Å². The molecule has 1 aliphatic heterocycles. The molecule has 1 amide bonds. The van der Waals surface area contributed by atoms with Gasteiger partial charge in [0.25, 0.3) is 5.91 Å². The van der Waals surface area contributed by atoms with Gasteiger partial charge in [0.2, 0.25) is 5.96 Å². The van der Waals surface area contributed by atoms with Crippen LogP contribution >= 0.6 is 0 Å². The summed E-state index contributed by atoms with van der Waals surface area (Å²) in [6.45, 7) is 4.31. The normalized spacial score (nSPS) is 13.4. The van der Waals surface area contributed by atoms with Crippen molar-refractivity contribution < 1.29 is 19.0 Å². The zero-order valence-electron chi connectivity index (χ0n) is 21.8. The Kier molecular flexibility index (Phi) is 8.37. The fourth-order valence-electron chi connectivity index (χ4n) is 4.05. The van der Waals surface area contributed by atoms with Crippen LogP contribution in [0.1, 0.15) is 36.6 Å². The first-order valence-corrected chi connectivity index (χ1v) is 12.3. The van der Waals surface area contributed by atoms with Crippen molar-refractivity contribution in [3.63, 3.8) is 0 Å². The number of nitrogens with one attached hydrogen (secondary N) is 3. The highest BCUT2D eigenvalue weighted by Gasteiger charge is 2.30. The highest BCUT2D eigenvalue weighted by atomic mass is 16.5. The molecule has 1 atom stereocenters. The lowest BCUT2D eigenvalue weighted by Gasteiger charge is -2.26. The van der Waals surface area contributed by atoms with Gasteiger partial charge < -0.3 is 36.3 Å². The number of ether oxygens (including phenoxy) is 3.